The molecule has 6 nitrogen and oxygen atoms in total. The SMILES string of the molecule is CCSC1(CNC(=NC)NC2CCN(CCCOC)CC2)CCOCC1.I. The summed E-state index contributed by atoms with van der Waals surface area (Å²) in [6.45, 7) is 9.28. The van der Waals surface area contributed by atoms with Gasteiger partial charge in [-0.25, -0.2) is 0 Å². The molecular formula is C19H39IN4O2S. The van der Waals surface area contributed by atoms with Crippen LogP contribution in [0.2, 0.25) is 0 Å². The predicted octanol–water partition coefficient (Wildman–Crippen LogP) is 2.57. The fraction of sp³-hybridized carbons (Fsp3) is 0.947. The fourth-order valence-electron chi connectivity index (χ4n) is 3.79. The van der Waals surface area contributed by atoms with Crippen LogP contribution in [0.4, 0.5) is 0 Å². The van der Waals surface area contributed by atoms with Gasteiger partial charge in [0.25, 0.3) is 0 Å². The van der Waals surface area contributed by atoms with Crippen molar-refractivity contribution in [1.82, 2.24) is 15.5 Å². The van der Waals surface area contributed by atoms with Gasteiger partial charge in [-0.1, -0.05) is 6.92 Å². The fourth-order valence-corrected chi connectivity index (χ4v) is 5.03. The first-order chi connectivity index (χ1) is 12.7. The van der Waals surface area contributed by atoms with Crippen molar-refractivity contribution >= 4 is 41.7 Å². The molecule has 0 radical (unpaired) electrons. The molecule has 2 fully saturated rings. The van der Waals surface area contributed by atoms with Gasteiger partial charge in [-0.3, -0.25) is 4.99 Å². The van der Waals surface area contributed by atoms with Crippen molar-refractivity contribution in [3.05, 3.63) is 0 Å². The summed E-state index contributed by atoms with van der Waals surface area (Å²) in [7, 11) is 3.65. The summed E-state index contributed by atoms with van der Waals surface area (Å²) < 4.78 is 11.0. The maximum absolute atomic E-state index is 5.57. The Morgan fingerprint density at radius 1 is 1.30 bits per heavy atom. The van der Waals surface area contributed by atoms with Gasteiger partial charge in [-0.05, 0) is 37.9 Å². The summed E-state index contributed by atoms with van der Waals surface area (Å²) in [5, 5.41) is 7.24. The van der Waals surface area contributed by atoms with Crippen LogP contribution in [0.3, 0.4) is 0 Å². The third-order valence-corrected chi connectivity index (χ3v) is 6.86. The van der Waals surface area contributed by atoms with E-state index in [0.29, 0.717) is 6.04 Å². The minimum Gasteiger partial charge on any atom is -0.385 e. The molecule has 160 valence electrons. The molecule has 8 heteroatoms. The maximum Gasteiger partial charge on any atom is 0.191 e. The topological polar surface area (TPSA) is 58.1 Å². The number of hydrogen-bond acceptors (Lipinski definition) is 5. The Balaban J connectivity index is 0.00000364. The van der Waals surface area contributed by atoms with E-state index in [1.54, 1.807) is 7.11 Å². The van der Waals surface area contributed by atoms with Crippen LogP contribution >= 0.6 is 35.7 Å². The number of hydrogen-bond donors (Lipinski definition) is 2. The van der Waals surface area contributed by atoms with Gasteiger partial charge in [0.05, 0.1) is 0 Å². The molecule has 0 aliphatic carbocycles. The number of methoxy groups -OCH3 is 1. The summed E-state index contributed by atoms with van der Waals surface area (Å²) in [6.07, 6.45) is 5.72. The van der Waals surface area contributed by atoms with Gasteiger partial charge < -0.3 is 25.0 Å². The van der Waals surface area contributed by atoms with E-state index in [-0.39, 0.29) is 28.7 Å². The standard InChI is InChI=1S/C19H38N4O2S.HI/c1-4-26-19(8-14-25-15-9-19)16-21-18(20-2)22-17-6-11-23(12-7-17)10-5-13-24-3;/h17H,4-16H2,1-3H3,(H2,20,21,22);1H. The second kappa shape index (κ2) is 14.3. The number of nitrogens with zero attached hydrogens (tertiary/aromatic N) is 2. The Morgan fingerprint density at radius 3 is 2.59 bits per heavy atom. The molecule has 0 aromatic rings. The number of halogens is 1. The molecule has 27 heavy (non-hydrogen) atoms. The lowest BCUT2D eigenvalue weighted by Crippen LogP contribution is -2.52. The number of nitrogens with one attached hydrogen (secondary N) is 2. The highest BCUT2D eigenvalue weighted by atomic mass is 127. The molecule has 2 rings (SSSR count). The summed E-state index contributed by atoms with van der Waals surface area (Å²) in [4.78, 5) is 7.01. The number of piperidine rings is 1. The van der Waals surface area contributed by atoms with Crippen LogP contribution in [0, 0.1) is 0 Å². The molecule has 2 N–H and O–H groups in total. The van der Waals surface area contributed by atoms with Crippen LogP contribution in [0.5, 0.6) is 0 Å². The number of ether oxygens (including phenoxy) is 2. The minimum absolute atomic E-state index is 0. The van der Waals surface area contributed by atoms with Crippen LogP contribution in [0.15, 0.2) is 4.99 Å². The zero-order chi connectivity index (χ0) is 18.7. The lowest BCUT2D eigenvalue weighted by Gasteiger charge is -2.37. The van der Waals surface area contributed by atoms with Crippen molar-refractivity contribution in [3.8, 4) is 0 Å². The average molecular weight is 515 g/mol. The molecule has 2 saturated heterocycles. The van der Waals surface area contributed by atoms with Gasteiger partial charge in [-0.15, -0.1) is 24.0 Å². The van der Waals surface area contributed by atoms with Crippen molar-refractivity contribution in [2.75, 3.05) is 65.9 Å². The van der Waals surface area contributed by atoms with E-state index in [4.69, 9.17) is 9.47 Å². The molecule has 2 aliphatic rings. The van der Waals surface area contributed by atoms with Crippen LogP contribution in [0.1, 0.15) is 39.0 Å². The highest BCUT2D eigenvalue weighted by Gasteiger charge is 2.33. The van der Waals surface area contributed by atoms with E-state index in [1.807, 2.05) is 7.05 Å². The molecule has 2 aliphatic heterocycles. The number of rotatable bonds is 9. The Morgan fingerprint density at radius 2 is 2.00 bits per heavy atom. The van der Waals surface area contributed by atoms with Crippen molar-refractivity contribution in [1.29, 1.82) is 0 Å². The van der Waals surface area contributed by atoms with Gasteiger partial charge >= 0.3 is 0 Å². The first-order valence-electron chi connectivity index (χ1n) is 10.1. The van der Waals surface area contributed by atoms with Gasteiger partial charge in [0.2, 0.25) is 0 Å². The van der Waals surface area contributed by atoms with Gasteiger partial charge in [0, 0.05) is 70.9 Å². The Hall–Kier alpha value is 0.230. The van der Waals surface area contributed by atoms with Gasteiger partial charge in [-0.2, -0.15) is 11.8 Å². The van der Waals surface area contributed by atoms with Crippen LogP contribution < -0.4 is 10.6 Å². The highest BCUT2D eigenvalue weighted by Crippen LogP contribution is 2.34. The van der Waals surface area contributed by atoms with E-state index in [9.17, 15) is 0 Å². The molecule has 2 heterocycles. The monoisotopic (exact) mass is 514 g/mol. The number of guanidine groups is 1. The third-order valence-electron chi connectivity index (χ3n) is 5.41. The zero-order valence-electron chi connectivity index (χ0n) is 17.3. The summed E-state index contributed by atoms with van der Waals surface area (Å²) in [5.41, 5.74) is 0. The molecule has 0 unspecified atom stereocenters. The zero-order valence-corrected chi connectivity index (χ0v) is 20.4. The molecule has 0 aromatic carbocycles. The van der Waals surface area contributed by atoms with E-state index < -0.39 is 0 Å². The average Bonchev–Trinajstić information content (AvgIpc) is 2.67. The molecular weight excluding hydrogens is 475 g/mol. The number of thioether (sulfide) groups is 1. The van der Waals surface area contributed by atoms with Crippen LogP contribution in [-0.2, 0) is 9.47 Å². The lowest BCUT2D eigenvalue weighted by molar-refractivity contribution is 0.0781. The molecule has 0 amide bonds. The molecule has 0 bridgehead atoms. The Bertz CT molecular complexity index is 409. The Labute approximate surface area is 187 Å². The predicted molar refractivity (Wildman–Crippen MR) is 127 cm³/mol. The smallest absolute Gasteiger partial charge is 0.191 e. The quantitative estimate of drug-likeness (QED) is 0.214. The van der Waals surface area contributed by atoms with E-state index in [0.717, 1.165) is 77.0 Å². The second-order valence-electron chi connectivity index (χ2n) is 7.26. The second-order valence-corrected chi connectivity index (χ2v) is 8.99. The van der Waals surface area contributed by atoms with Gasteiger partial charge in [0.15, 0.2) is 5.96 Å². The minimum atomic E-state index is 0. The first kappa shape index (κ1) is 25.3. The van der Waals surface area contributed by atoms with Crippen molar-refractivity contribution in [3.63, 3.8) is 0 Å². The molecule has 0 aromatic heterocycles. The van der Waals surface area contributed by atoms with Crippen LogP contribution in [-0.4, -0.2) is 87.6 Å². The summed E-state index contributed by atoms with van der Waals surface area (Å²) >= 11 is 2.07. The third kappa shape index (κ3) is 9.06. The molecule has 0 atom stereocenters. The van der Waals surface area contributed by atoms with E-state index in [1.165, 1.54) is 12.8 Å². The van der Waals surface area contributed by atoms with E-state index in [2.05, 4.69) is 39.2 Å². The largest absolute Gasteiger partial charge is 0.385 e. The lowest BCUT2D eigenvalue weighted by atomic mass is 9.99. The van der Waals surface area contributed by atoms with Crippen molar-refractivity contribution in [2.24, 2.45) is 4.99 Å². The van der Waals surface area contributed by atoms with Crippen LogP contribution in [0.25, 0.3) is 0 Å². The highest BCUT2D eigenvalue weighted by molar-refractivity contribution is 14.0. The molecule has 0 spiro atoms. The number of likely N-dealkylation sites (tertiary alicyclic amines) is 1. The molecule has 0 saturated carbocycles. The maximum atomic E-state index is 5.57. The van der Waals surface area contributed by atoms with Crippen molar-refractivity contribution < 1.29 is 9.47 Å². The number of aliphatic imine (C=N–C) groups is 1. The first-order valence-corrected chi connectivity index (χ1v) is 11.1. The van der Waals surface area contributed by atoms with E-state index >= 15 is 0 Å². The summed E-state index contributed by atoms with van der Waals surface area (Å²) in [6, 6.07) is 0.518. The van der Waals surface area contributed by atoms with Crippen molar-refractivity contribution in [2.45, 2.75) is 49.8 Å². The normalized spacial score (nSPS) is 21.5. The van der Waals surface area contributed by atoms with Gasteiger partial charge in [0.1, 0.15) is 0 Å². The summed E-state index contributed by atoms with van der Waals surface area (Å²) in [5.74, 6) is 2.10. The Kier molecular flexibility index (Phi) is 13.3.